The topological polar surface area (TPSA) is 68.0 Å². The Morgan fingerprint density at radius 1 is 1.45 bits per heavy atom. The van der Waals surface area contributed by atoms with E-state index in [2.05, 4.69) is 10.2 Å². The lowest BCUT2D eigenvalue weighted by atomic mass is 9.98. The molecule has 0 aliphatic carbocycles. The summed E-state index contributed by atoms with van der Waals surface area (Å²) in [6.07, 6.45) is 1.74. The van der Waals surface area contributed by atoms with Gasteiger partial charge in [0.05, 0.1) is 5.92 Å². The van der Waals surface area contributed by atoms with Crippen LogP contribution in [0.4, 0.5) is 0 Å². The number of rotatable bonds is 3. The van der Waals surface area contributed by atoms with Gasteiger partial charge in [-0.25, -0.2) is 0 Å². The fourth-order valence-electron chi connectivity index (χ4n) is 2.56. The van der Waals surface area contributed by atoms with Gasteiger partial charge in [-0.2, -0.15) is 0 Å². The zero-order chi connectivity index (χ0) is 14.1. The first-order valence-corrected chi connectivity index (χ1v) is 6.89. The molecule has 0 saturated carbocycles. The van der Waals surface area contributed by atoms with Crippen LogP contribution in [0.5, 0.6) is 0 Å². The van der Waals surface area contributed by atoms with Crippen LogP contribution in [0.3, 0.4) is 0 Å². The number of benzene rings is 1. The predicted octanol–water partition coefficient (Wildman–Crippen LogP) is 2.17. The first-order chi connectivity index (χ1) is 9.63. The van der Waals surface area contributed by atoms with Gasteiger partial charge in [-0.3, -0.25) is 4.79 Å². The molecule has 0 fully saturated rings. The third kappa shape index (κ3) is 2.54. The number of aliphatic carboxylic acids is 1. The smallest absolute Gasteiger partial charge is 0.307 e. The van der Waals surface area contributed by atoms with Gasteiger partial charge in [0.1, 0.15) is 11.6 Å². The van der Waals surface area contributed by atoms with Gasteiger partial charge in [-0.1, -0.05) is 23.7 Å². The molecular weight excluding hydrogens is 278 g/mol. The highest BCUT2D eigenvalue weighted by Crippen LogP contribution is 2.22. The van der Waals surface area contributed by atoms with Gasteiger partial charge in [-0.15, -0.1) is 10.2 Å². The number of fused-ring (bicyclic) bond motifs is 1. The number of nitrogens with zero attached hydrogens (tertiary/aromatic N) is 3. The maximum atomic E-state index is 11.0. The summed E-state index contributed by atoms with van der Waals surface area (Å²) in [5, 5.41) is 18.1. The summed E-state index contributed by atoms with van der Waals surface area (Å²) in [5.74, 6) is 0.535. The second kappa shape index (κ2) is 5.25. The minimum absolute atomic E-state index is 0.342. The van der Waals surface area contributed by atoms with Crippen molar-refractivity contribution in [2.75, 3.05) is 0 Å². The predicted molar refractivity (Wildman–Crippen MR) is 73.7 cm³/mol. The van der Waals surface area contributed by atoms with Crippen molar-refractivity contribution in [2.45, 2.75) is 25.8 Å². The van der Waals surface area contributed by atoms with Crippen LogP contribution in [-0.2, 0) is 24.2 Å². The van der Waals surface area contributed by atoms with E-state index in [0.717, 1.165) is 17.2 Å². The van der Waals surface area contributed by atoms with Crippen molar-refractivity contribution in [3.8, 4) is 0 Å². The Kier molecular flexibility index (Phi) is 3.44. The summed E-state index contributed by atoms with van der Waals surface area (Å²) in [6, 6.07) is 7.65. The van der Waals surface area contributed by atoms with Crippen molar-refractivity contribution >= 4 is 17.6 Å². The Bertz CT molecular complexity index is 654. The van der Waals surface area contributed by atoms with Crippen LogP contribution < -0.4 is 0 Å². The Morgan fingerprint density at radius 3 is 3.05 bits per heavy atom. The van der Waals surface area contributed by atoms with Crippen molar-refractivity contribution in [3.63, 3.8) is 0 Å². The van der Waals surface area contributed by atoms with E-state index in [0.29, 0.717) is 30.8 Å². The molecule has 0 bridgehead atoms. The molecule has 2 heterocycles. The van der Waals surface area contributed by atoms with Gasteiger partial charge in [0, 0.05) is 24.4 Å². The molecule has 104 valence electrons. The van der Waals surface area contributed by atoms with Crippen LogP contribution in [0.2, 0.25) is 5.02 Å². The highest BCUT2D eigenvalue weighted by atomic mass is 35.5. The molecular formula is C14H14ClN3O2. The number of hydrogen-bond donors (Lipinski definition) is 1. The van der Waals surface area contributed by atoms with Crippen LogP contribution in [0, 0.1) is 5.92 Å². The first-order valence-electron chi connectivity index (χ1n) is 6.51. The average molecular weight is 292 g/mol. The summed E-state index contributed by atoms with van der Waals surface area (Å²) in [7, 11) is 0. The van der Waals surface area contributed by atoms with Crippen molar-refractivity contribution < 1.29 is 9.90 Å². The zero-order valence-corrected chi connectivity index (χ0v) is 11.5. The first kappa shape index (κ1) is 13.1. The average Bonchev–Trinajstić information content (AvgIpc) is 2.81. The molecule has 0 spiro atoms. The number of halogens is 1. The van der Waals surface area contributed by atoms with Gasteiger partial charge in [0.15, 0.2) is 0 Å². The summed E-state index contributed by atoms with van der Waals surface area (Å²) in [6.45, 7) is 0.662. The molecule has 1 aromatic heterocycles. The standard InChI is InChI=1S/C14H14ClN3O2/c15-11-3-1-2-9(6-11)7-12-16-17-13-8-10(14(19)20)4-5-18(12)13/h1-3,6,10H,4-5,7-8H2,(H,19,20). The van der Waals surface area contributed by atoms with E-state index in [4.69, 9.17) is 16.7 Å². The summed E-state index contributed by atoms with van der Waals surface area (Å²) < 4.78 is 2.03. The zero-order valence-electron chi connectivity index (χ0n) is 10.8. The van der Waals surface area contributed by atoms with Gasteiger partial charge in [-0.05, 0) is 24.1 Å². The van der Waals surface area contributed by atoms with E-state index in [1.165, 1.54) is 0 Å². The highest BCUT2D eigenvalue weighted by molar-refractivity contribution is 6.30. The third-order valence-electron chi connectivity index (χ3n) is 3.63. The van der Waals surface area contributed by atoms with Crippen molar-refractivity contribution in [1.29, 1.82) is 0 Å². The summed E-state index contributed by atoms with van der Waals surface area (Å²) >= 11 is 5.97. The summed E-state index contributed by atoms with van der Waals surface area (Å²) in [4.78, 5) is 11.0. The maximum absolute atomic E-state index is 11.0. The van der Waals surface area contributed by atoms with Crippen LogP contribution >= 0.6 is 11.6 Å². The van der Waals surface area contributed by atoms with E-state index in [-0.39, 0.29) is 5.92 Å². The minimum atomic E-state index is -0.754. The van der Waals surface area contributed by atoms with Gasteiger partial charge in [0.25, 0.3) is 0 Å². The normalized spacial score (nSPS) is 17.8. The Labute approximate surface area is 121 Å². The fourth-order valence-corrected chi connectivity index (χ4v) is 2.77. The van der Waals surface area contributed by atoms with Crippen molar-refractivity contribution in [2.24, 2.45) is 5.92 Å². The molecule has 0 saturated heterocycles. The molecule has 6 heteroatoms. The molecule has 1 unspecified atom stereocenters. The molecule has 0 radical (unpaired) electrons. The Morgan fingerprint density at radius 2 is 2.30 bits per heavy atom. The van der Waals surface area contributed by atoms with Crippen LogP contribution in [-0.4, -0.2) is 25.8 Å². The molecule has 0 amide bonds. The highest BCUT2D eigenvalue weighted by Gasteiger charge is 2.27. The molecule has 2 aromatic rings. The van der Waals surface area contributed by atoms with E-state index in [1.807, 2.05) is 28.8 Å². The lowest BCUT2D eigenvalue weighted by Gasteiger charge is -2.20. The number of carbonyl (C=O) groups is 1. The molecule has 1 aliphatic rings. The van der Waals surface area contributed by atoms with Gasteiger partial charge >= 0.3 is 5.97 Å². The van der Waals surface area contributed by atoms with Crippen molar-refractivity contribution in [1.82, 2.24) is 14.8 Å². The second-order valence-electron chi connectivity index (χ2n) is 5.02. The SMILES string of the molecule is O=C(O)C1CCn2c(Cc3cccc(Cl)c3)nnc2C1. The van der Waals surface area contributed by atoms with E-state index in [9.17, 15) is 4.79 Å². The second-order valence-corrected chi connectivity index (χ2v) is 5.46. The third-order valence-corrected chi connectivity index (χ3v) is 3.87. The van der Waals surface area contributed by atoms with Gasteiger partial charge < -0.3 is 9.67 Å². The Balaban J connectivity index is 1.82. The molecule has 1 aliphatic heterocycles. The monoisotopic (exact) mass is 291 g/mol. The quantitative estimate of drug-likeness (QED) is 0.941. The number of carboxylic acid groups (broad SMARTS) is 1. The molecule has 1 aromatic carbocycles. The lowest BCUT2D eigenvalue weighted by molar-refractivity contribution is -0.142. The van der Waals surface area contributed by atoms with Crippen molar-refractivity contribution in [3.05, 3.63) is 46.5 Å². The number of carboxylic acids is 1. The molecule has 20 heavy (non-hydrogen) atoms. The largest absolute Gasteiger partial charge is 0.481 e. The maximum Gasteiger partial charge on any atom is 0.307 e. The van der Waals surface area contributed by atoms with Gasteiger partial charge in [0.2, 0.25) is 0 Å². The summed E-state index contributed by atoms with van der Waals surface area (Å²) in [5.41, 5.74) is 1.08. The number of aromatic nitrogens is 3. The van der Waals surface area contributed by atoms with E-state index in [1.54, 1.807) is 0 Å². The number of hydrogen-bond acceptors (Lipinski definition) is 3. The lowest BCUT2D eigenvalue weighted by Crippen LogP contribution is -2.26. The minimum Gasteiger partial charge on any atom is -0.481 e. The Hall–Kier alpha value is -1.88. The molecule has 5 nitrogen and oxygen atoms in total. The van der Waals surface area contributed by atoms with Crippen LogP contribution in [0.15, 0.2) is 24.3 Å². The van der Waals surface area contributed by atoms with Crippen LogP contribution in [0.25, 0.3) is 0 Å². The molecule has 1 N–H and O–H groups in total. The molecule has 3 rings (SSSR count). The van der Waals surface area contributed by atoms with E-state index < -0.39 is 5.97 Å². The molecule has 1 atom stereocenters. The van der Waals surface area contributed by atoms with E-state index >= 15 is 0 Å². The fraction of sp³-hybridized carbons (Fsp3) is 0.357. The van der Waals surface area contributed by atoms with Crippen LogP contribution in [0.1, 0.15) is 23.6 Å².